The van der Waals surface area contributed by atoms with E-state index in [0.29, 0.717) is 37.7 Å². The molecule has 0 radical (unpaired) electrons. The van der Waals surface area contributed by atoms with Gasteiger partial charge in [0.15, 0.2) is 0 Å². The van der Waals surface area contributed by atoms with Gasteiger partial charge in [0.2, 0.25) is 17.6 Å². The highest BCUT2D eigenvalue weighted by Gasteiger charge is 2.17. The van der Waals surface area contributed by atoms with Crippen molar-refractivity contribution in [1.29, 1.82) is 0 Å². The largest absolute Gasteiger partial charge is 0.494 e. The lowest BCUT2D eigenvalue weighted by Crippen LogP contribution is -2.31. The van der Waals surface area contributed by atoms with Crippen LogP contribution in [0.25, 0.3) is 11.4 Å². The first-order chi connectivity index (χ1) is 14.2. The van der Waals surface area contributed by atoms with Crippen LogP contribution in [0.1, 0.15) is 24.3 Å². The van der Waals surface area contributed by atoms with Crippen LogP contribution in [0.2, 0.25) is 0 Å². The molecular formula is C23H25N3O3. The second-order valence-electron chi connectivity index (χ2n) is 6.71. The summed E-state index contributed by atoms with van der Waals surface area (Å²) in [4.78, 5) is 18.7. The zero-order valence-electron chi connectivity index (χ0n) is 16.6. The maximum Gasteiger partial charge on any atom is 0.246 e. The molecule has 150 valence electrons. The van der Waals surface area contributed by atoms with Crippen molar-refractivity contribution in [3.8, 4) is 17.1 Å². The number of carbonyl (C=O) groups is 1. The second-order valence-corrected chi connectivity index (χ2v) is 6.71. The Hall–Kier alpha value is -3.41. The van der Waals surface area contributed by atoms with E-state index in [1.807, 2.05) is 61.5 Å². The maximum absolute atomic E-state index is 12.6. The molecule has 2 aromatic carbocycles. The van der Waals surface area contributed by atoms with Crippen LogP contribution >= 0.6 is 0 Å². The van der Waals surface area contributed by atoms with Gasteiger partial charge in [-0.25, -0.2) is 0 Å². The van der Waals surface area contributed by atoms with Crippen molar-refractivity contribution < 1.29 is 14.1 Å². The molecule has 0 aliphatic rings. The van der Waals surface area contributed by atoms with Gasteiger partial charge in [-0.05, 0) is 25.5 Å². The zero-order chi connectivity index (χ0) is 20.5. The van der Waals surface area contributed by atoms with Crippen LogP contribution < -0.4 is 4.74 Å². The van der Waals surface area contributed by atoms with Crippen molar-refractivity contribution in [3.63, 3.8) is 0 Å². The van der Waals surface area contributed by atoms with Gasteiger partial charge in [0.25, 0.3) is 0 Å². The standard InChI is InChI=1S/C23H25N3O3/c1-3-15-26(22(27)10-7-16-28-20-8-5-4-6-9-20)17-21-24-23(25-29-21)19-13-11-18(2)12-14-19/h3-6,8-9,11-14H,1,7,10,15-17H2,2H3. The average Bonchev–Trinajstić information content (AvgIpc) is 3.20. The molecule has 6 nitrogen and oxygen atoms in total. The van der Waals surface area contributed by atoms with E-state index in [1.165, 1.54) is 0 Å². The van der Waals surface area contributed by atoms with Crippen molar-refractivity contribution in [2.75, 3.05) is 13.2 Å². The number of hydrogen-bond donors (Lipinski definition) is 0. The zero-order valence-corrected chi connectivity index (χ0v) is 16.6. The average molecular weight is 391 g/mol. The van der Waals surface area contributed by atoms with Gasteiger partial charge in [-0.2, -0.15) is 4.98 Å². The van der Waals surface area contributed by atoms with Crippen LogP contribution in [0.4, 0.5) is 0 Å². The Labute approximate surface area is 170 Å². The number of nitrogens with zero attached hydrogens (tertiary/aromatic N) is 3. The SMILES string of the molecule is C=CCN(Cc1nc(-c2ccc(C)cc2)no1)C(=O)CCCOc1ccccc1. The first kappa shape index (κ1) is 20.3. The van der Waals surface area contributed by atoms with E-state index in [2.05, 4.69) is 16.7 Å². The first-order valence-electron chi connectivity index (χ1n) is 9.62. The molecule has 0 bridgehead atoms. The van der Waals surface area contributed by atoms with Crippen LogP contribution in [0, 0.1) is 6.92 Å². The summed E-state index contributed by atoms with van der Waals surface area (Å²) >= 11 is 0. The van der Waals surface area contributed by atoms with Crippen molar-refractivity contribution in [2.24, 2.45) is 0 Å². The highest BCUT2D eigenvalue weighted by Crippen LogP contribution is 2.17. The number of hydrogen-bond acceptors (Lipinski definition) is 5. The monoisotopic (exact) mass is 391 g/mol. The van der Waals surface area contributed by atoms with Crippen molar-refractivity contribution >= 4 is 5.91 Å². The molecule has 1 amide bonds. The third-order valence-corrected chi connectivity index (χ3v) is 4.35. The topological polar surface area (TPSA) is 68.5 Å². The number of benzene rings is 2. The van der Waals surface area contributed by atoms with Gasteiger partial charge < -0.3 is 14.2 Å². The molecule has 29 heavy (non-hydrogen) atoms. The second kappa shape index (κ2) is 10.2. The minimum Gasteiger partial charge on any atom is -0.494 e. The van der Waals surface area contributed by atoms with Crippen LogP contribution in [0.5, 0.6) is 5.75 Å². The lowest BCUT2D eigenvalue weighted by atomic mass is 10.1. The van der Waals surface area contributed by atoms with E-state index in [1.54, 1.807) is 11.0 Å². The molecule has 0 atom stereocenters. The van der Waals surface area contributed by atoms with E-state index in [4.69, 9.17) is 9.26 Å². The van der Waals surface area contributed by atoms with E-state index >= 15 is 0 Å². The summed E-state index contributed by atoms with van der Waals surface area (Å²) in [6.07, 6.45) is 2.69. The van der Waals surface area contributed by atoms with Crippen molar-refractivity contribution in [1.82, 2.24) is 15.0 Å². The number of rotatable bonds is 10. The normalized spacial score (nSPS) is 10.5. The first-order valence-corrected chi connectivity index (χ1v) is 9.62. The molecule has 0 aliphatic heterocycles. The summed E-state index contributed by atoms with van der Waals surface area (Å²) in [7, 11) is 0. The molecular weight excluding hydrogens is 366 g/mol. The summed E-state index contributed by atoms with van der Waals surface area (Å²) < 4.78 is 11.0. The van der Waals surface area contributed by atoms with Gasteiger partial charge in [-0.15, -0.1) is 6.58 Å². The summed E-state index contributed by atoms with van der Waals surface area (Å²) in [5.74, 6) is 1.72. The van der Waals surface area contributed by atoms with E-state index in [0.717, 1.165) is 16.9 Å². The van der Waals surface area contributed by atoms with Crippen LogP contribution in [0.3, 0.4) is 0 Å². The lowest BCUT2D eigenvalue weighted by Gasteiger charge is -2.19. The minimum absolute atomic E-state index is 0.00310. The molecule has 3 rings (SSSR count). The van der Waals surface area contributed by atoms with Crippen LogP contribution in [-0.2, 0) is 11.3 Å². The fourth-order valence-electron chi connectivity index (χ4n) is 2.80. The number of para-hydroxylation sites is 1. The number of aryl methyl sites for hydroxylation is 1. The molecule has 0 spiro atoms. The molecule has 3 aromatic rings. The molecule has 0 saturated heterocycles. The van der Waals surface area contributed by atoms with Gasteiger partial charge in [0.1, 0.15) is 12.3 Å². The predicted molar refractivity (Wildman–Crippen MR) is 111 cm³/mol. The number of amides is 1. The fraction of sp³-hybridized carbons (Fsp3) is 0.261. The fourth-order valence-corrected chi connectivity index (χ4v) is 2.80. The molecule has 0 fully saturated rings. The quantitative estimate of drug-likeness (QED) is 0.378. The Balaban J connectivity index is 1.53. The highest BCUT2D eigenvalue weighted by molar-refractivity contribution is 5.76. The van der Waals surface area contributed by atoms with Crippen LogP contribution in [-0.4, -0.2) is 34.1 Å². The Morgan fingerprint density at radius 1 is 1.17 bits per heavy atom. The number of aromatic nitrogens is 2. The van der Waals surface area contributed by atoms with E-state index in [-0.39, 0.29) is 12.5 Å². The summed E-state index contributed by atoms with van der Waals surface area (Å²) in [5.41, 5.74) is 2.04. The Bertz CT molecular complexity index is 920. The van der Waals surface area contributed by atoms with Gasteiger partial charge in [0.05, 0.1) is 6.61 Å². The predicted octanol–water partition coefficient (Wildman–Crippen LogP) is 4.42. The van der Waals surface area contributed by atoms with Gasteiger partial charge in [-0.1, -0.05) is 59.3 Å². The summed E-state index contributed by atoms with van der Waals surface area (Å²) in [5, 5.41) is 4.03. The molecule has 1 aromatic heterocycles. The summed E-state index contributed by atoms with van der Waals surface area (Å²) in [6, 6.07) is 17.5. The molecule has 0 aliphatic carbocycles. The maximum atomic E-state index is 12.6. The Morgan fingerprint density at radius 3 is 2.66 bits per heavy atom. The molecule has 1 heterocycles. The summed E-state index contributed by atoms with van der Waals surface area (Å²) in [6.45, 7) is 6.91. The molecule has 6 heteroatoms. The van der Waals surface area contributed by atoms with E-state index in [9.17, 15) is 4.79 Å². The lowest BCUT2D eigenvalue weighted by molar-refractivity contribution is -0.131. The number of carbonyl (C=O) groups excluding carboxylic acids is 1. The van der Waals surface area contributed by atoms with E-state index < -0.39 is 0 Å². The molecule has 0 N–H and O–H groups in total. The smallest absolute Gasteiger partial charge is 0.246 e. The Kier molecular flexibility index (Phi) is 7.16. The molecule has 0 unspecified atom stereocenters. The van der Waals surface area contributed by atoms with Gasteiger partial charge in [-0.3, -0.25) is 4.79 Å². The van der Waals surface area contributed by atoms with Gasteiger partial charge >= 0.3 is 0 Å². The third kappa shape index (κ3) is 6.04. The number of ether oxygens (including phenoxy) is 1. The highest BCUT2D eigenvalue weighted by atomic mass is 16.5. The molecule has 0 saturated carbocycles. The minimum atomic E-state index is -0.00310. The Morgan fingerprint density at radius 2 is 1.93 bits per heavy atom. The van der Waals surface area contributed by atoms with Crippen LogP contribution in [0.15, 0.2) is 71.8 Å². The van der Waals surface area contributed by atoms with Crippen molar-refractivity contribution in [2.45, 2.75) is 26.3 Å². The van der Waals surface area contributed by atoms with Crippen molar-refractivity contribution in [3.05, 3.63) is 78.7 Å². The van der Waals surface area contributed by atoms with Gasteiger partial charge in [0, 0.05) is 18.5 Å². The third-order valence-electron chi connectivity index (χ3n) is 4.35.